The highest BCUT2D eigenvalue weighted by Crippen LogP contribution is 2.25. The Balaban J connectivity index is 2.12. The van der Waals surface area contributed by atoms with Crippen LogP contribution in [0.3, 0.4) is 0 Å². The second-order valence-corrected chi connectivity index (χ2v) is 3.45. The fraction of sp³-hybridized carbons (Fsp3) is 0.667. The van der Waals surface area contributed by atoms with Crippen LogP contribution >= 0.6 is 0 Å². The third kappa shape index (κ3) is 1.73. The van der Waals surface area contributed by atoms with Crippen molar-refractivity contribution in [2.75, 3.05) is 13.2 Å². The van der Waals surface area contributed by atoms with Crippen molar-refractivity contribution < 1.29 is 9.15 Å². The lowest BCUT2D eigenvalue weighted by Crippen LogP contribution is -2.03. The molecule has 72 valence electrons. The second kappa shape index (κ2) is 3.47. The first-order valence-electron chi connectivity index (χ1n) is 4.56. The summed E-state index contributed by atoms with van der Waals surface area (Å²) in [6, 6.07) is -0.0800. The fourth-order valence-corrected chi connectivity index (χ4v) is 1.43. The zero-order valence-corrected chi connectivity index (χ0v) is 7.69. The van der Waals surface area contributed by atoms with Crippen molar-refractivity contribution in [3.05, 3.63) is 17.8 Å². The molecule has 1 aliphatic heterocycles. The van der Waals surface area contributed by atoms with Crippen LogP contribution in [-0.4, -0.2) is 18.2 Å². The van der Waals surface area contributed by atoms with E-state index in [9.17, 15) is 0 Å². The van der Waals surface area contributed by atoms with Crippen LogP contribution in [0, 0.1) is 0 Å². The van der Waals surface area contributed by atoms with Gasteiger partial charge in [-0.05, 0) is 13.3 Å². The Labute approximate surface area is 77.1 Å². The predicted octanol–water partition coefficient (Wildman–Crippen LogP) is 1.20. The lowest BCUT2D eigenvalue weighted by molar-refractivity contribution is 0.190. The zero-order valence-electron chi connectivity index (χ0n) is 7.69. The molecule has 2 unspecified atom stereocenters. The van der Waals surface area contributed by atoms with Gasteiger partial charge < -0.3 is 14.9 Å². The van der Waals surface area contributed by atoms with E-state index in [1.165, 1.54) is 0 Å². The SMILES string of the molecule is CC(N)c1cnc(C2CCOC2)o1. The van der Waals surface area contributed by atoms with Crippen molar-refractivity contribution in [3.8, 4) is 0 Å². The molecular weight excluding hydrogens is 168 g/mol. The predicted molar refractivity (Wildman–Crippen MR) is 47.3 cm³/mol. The Kier molecular flexibility index (Phi) is 2.33. The average molecular weight is 182 g/mol. The first-order valence-corrected chi connectivity index (χ1v) is 4.56. The summed E-state index contributed by atoms with van der Waals surface area (Å²) in [7, 11) is 0. The number of rotatable bonds is 2. The van der Waals surface area contributed by atoms with Crippen LogP contribution in [0.1, 0.15) is 37.0 Å². The van der Waals surface area contributed by atoms with Gasteiger partial charge in [0.1, 0.15) is 5.76 Å². The number of nitrogens with two attached hydrogens (primary N) is 1. The molecule has 2 heterocycles. The molecule has 2 atom stereocenters. The summed E-state index contributed by atoms with van der Waals surface area (Å²) in [4.78, 5) is 4.19. The van der Waals surface area contributed by atoms with Gasteiger partial charge in [0.05, 0.1) is 24.8 Å². The molecule has 0 saturated carbocycles. The highest BCUT2D eigenvalue weighted by atomic mass is 16.5. The summed E-state index contributed by atoms with van der Waals surface area (Å²) in [5.41, 5.74) is 5.66. The first-order chi connectivity index (χ1) is 6.27. The molecule has 0 aliphatic carbocycles. The van der Waals surface area contributed by atoms with E-state index >= 15 is 0 Å². The Hall–Kier alpha value is -0.870. The van der Waals surface area contributed by atoms with Crippen LogP contribution in [0.5, 0.6) is 0 Å². The van der Waals surface area contributed by atoms with E-state index in [-0.39, 0.29) is 6.04 Å². The normalized spacial score (nSPS) is 24.9. The summed E-state index contributed by atoms with van der Waals surface area (Å²) >= 11 is 0. The van der Waals surface area contributed by atoms with Gasteiger partial charge in [-0.25, -0.2) is 4.98 Å². The van der Waals surface area contributed by atoms with Crippen LogP contribution in [-0.2, 0) is 4.74 Å². The smallest absolute Gasteiger partial charge is 0.199 e. The van der Waals surface area contributed by atoms with Crippen LogP contribution in [0.15, 0.2) is 10.6 Å². The van der Waals surface area contributed by atoms with Crippen LogP contribution in [0.4, 0.5) is 0 Å². The van der Waals surface area contributed by atoms with Gasteiger partial charge in [0.25, 0.3) is 0 Å². The maximum atomic E-state index is 5.66. The van der Waals surface area contributed by atoms with Gasteiger partial charge in [-0.15, -0.1) is 0 Å². The van der Waals surface area contributed by atoms with Gasteiger partial charge in [-0.3, -0.25) is 0 Å². The van der Waals surface area contributed by atoms with Gasteiger partial charge in [0, 0.05) is 6.61 Å². The molecule has 0 aromatic carbocycles. The molecule has 0 radical (unpaired) electrons. The van der Waals surface area contributed by atoms with Gasteiger partial charge in [-0.2, -0.15) is 0 Å². The molecule has 13 heavy (non-hydrogen) atoms. The second-order valence-electron chi connectivity index (χ2n) is 3.45. The molecular formula is C9H14N2O2. The number of oxazole rings is 1. The topological polar surface area (TPSA) is 61.3 Å². The maximum Gasteiger partial charge on any atom is 0.199 e. The number of hydrogen-bond donors (Lipinski definition) is 1. The third-order valence-corrected chi connectivity index (χ3v) is 2.27. The molecule has 1 aliphatic rings. The van der Waals surface area contributed by atoms with Gasteiger partial charge in [0.2, 0.25) is 0 Å². The van der Waals surface area contributed by atoms with E-state index in [2.05, 4.69) is 4.98 Å². The molecule has 0 spiro atoms. The molecule has 2 rings (SSSR count). The summed E-state index contributed by atoms with van der Waals surface area (Å²) in [6.07, 6.45) is 2.71. The molecule has 0 bridgehead atoms. The molecule has 4 nitrogen and oxygen atoms in total. The van der Waals surface area contributed by atoms with Crippen molar-refractivity contribution in [1.82, 2.24) is 4.98 Å². The molecule has 4 heteroatoms. The van der Waals surface area contributed by atoms with Crippen molar-refractivity contribution in [1.29, 1.82) is 0 Å². The van der Waals surface area contributed by atoms with Crippen LogP contribution in [0.2, 0.25) is 0 Å². The Morgan fingerprint density at radius 2 is 2.54 bits per heavy atom. The zero-order chi connectivity index (χ0) is 9.26. The van der Waals surface area contributed by atoms with Crippen molar-refractivity contribution in [2.45, 2.75) is 25.3 Å². The van der Waals surface area contributed by atoms with Gasteiger partial charge in [-0.1, -0.05) is 0 Å². The Morgan fingerprint density at radius 1 is 1.69 bits per heavy atom. The molecule has 1 fully saturated rings. The average Bonchev–Trinajstić information content (AvgIpc) is 2.75. The quantitative estimate of drug-likeness (QED) is 0.746. The minimum Gasteiger partial charge on any atom is -0.444 e. The number of ether oxygens (including phenoxy) is 1. The van der Waals surface area contributed by atoms with E-state index in [0.717, 1.165) is 31.3 Å². The maximum absolute atomic E-state index is 5.66. The van der Waals surface area contributed by atoms with E-state index < -0.39 is 0 Å². The number of hydrogen-bond acceptors (Lipinski definition) is 4. The fourth-order valence-electron chi connectivity index (χ4n) is 1.43. The Bertz CT molecular complexity index is 277. The van der Waals surface area contributed by atoms with Crippen LogP contribution in [0.25, 0.3) is 0 Å². The lowest BCUT2D eigenvalue weighted by atomic mass is 10.1. The van der Waals surface area contributed by atoms with E-state index in [4.69, 9.17) is 14.9 Å². The number of aromatic nitrogens is 1. The largest absolute Gasteiger partial charge is 0.444 e. The third-order valence-electron chi connectivity index (χ3n) is 2.27. The van der Waals surface area contributed by atoms with E-state index in [1.807, 2.05) is 6.92 Å². The summed E-state index contributed by atoms with van der Waals surface area (Å²) in [5.74, 6) is 1.85. The molecule has 1 aromatic rings. The number of nitrogens with zero attached hydrogens (tertiary/aromatic N) is 1. The first kappa shape index (κ1) is 8.72. The van der Waals surface area contributed by atoms with Gasteiger partial charge in [0.15, 0.2) is 5.89 Å². The Morgan fingerprint density at radius 3 is 3.08 bits per heavy atom. The molecule has 1 saturated heterocycles. The summed E-state index contributed by atoms with van der Waals surface area (Å²) in [5, 5.41) is 0. The minimum absolute atomic E-state index is 0.0800. The van der Waals surface area contributed by atoms with Gasteiger partial charge >= 0.3 is 0 Å². The highest BCUT2D eigenvalue weighted by molar-refractivity contribution is 5.03. The van der Waals surface area contributed by atoms with E-state index in [0.29, 0.717) is 5.92 Å². The van der Waals surface area contributed by atoms with E-state index in [1.54, 1.807) is 6.20 Å². The van der Waals surface area contributed by atoms with Crippen LogP contribution < -0.4 is 5.73 Å². The van der Waals surface area contributed by atoms with Crippen molar-refractivity contribution in [2.24, 2.45) is 5.73 Å². The monoisotopic (exact) mass is 182 g/mol. The molecule has 0 amide bonds. The molecule has 1 aromatic heterocycles. The summed E-state index contributed by atoms with van der Waals surface area (Å²) < 4.78 is 10.8. The summed E-state index contributed by atoms with van der Waals surface area (Å²) in [6.45, 7) is 3.41. The van der Waals surface area contributed by atoms with Crippen molar-refractivity contribution >= 4 is 0 Å². The minimum atomic E-state index is -0.0800. The molecule has 2 N–H and O–H groups in total. The standard InChI is InChI=1S/C9H14N2O2/c1-6(10)8-4-11-9(13-8)7-2-3-12-5-7/h4,6-7H,2-3,5,10H2,1H3. The van der Waals surface area contributed by atoms with Crippen molar-refractivity contribution in [3.63, 3.8) is 0 Å². The lowest BCUT2D eigenvalue weighted by Gasteiger charge is -2.01. The highest BCUT2D eigenvalue weighted by Gasteiger charge is 2.22.